The molecule has 2 heterocycles. The first-order valence-electron chi connectivity index (χ1n) is 6.21. The Kier molecular flexibility index (Phi) is 4.45. The minimum Gasteiger partial charge on any atom is -0.381 e. The van der Waals surface area contributed by atoms with Crippen molar-refractivity contribution in [2.45, 2.75) is 12.8 Å². The van der Waals surface area contributed by atoms with E-state index < -0.39 is 4.92 Å². The Morgan fingerprint density at radius 2 is 2.32 bits per heavy atom. The fourth-order valence-corrected chi connectivity index (χ4v) is 2.07. The Morgan fingerprint density at radius 3 is 2.95 bits per heavy atom. The van der Waals surface area contributed by atoms with Crippen LogP contribution in [-0.2, 0) is 4.74 Å². The fraction of sp³-hybridized carbons (Fsp3) is 0.636. The lowest BCUT2D eigenvalue weighted by Gasteiger charge is -2.10. The molecule has 1 aromatic heterocycles. The molecule has 1 aromatic rings. The lowest BCUT2D eigenvalue weighted by atomic mass is 10.1. The summed E-state index contributed by atoms with van der Waals surface area (Å²) >= 11 is 0. The topological polar surface area (TPSA) is 102 Å². The number of hydrogen-bond donors (Lipinski definition) is 2. The number of nitrogens with zero attached hydrogens (tertiary/aromatic N) is 3. The van der Waals surface area contributed by atoms with E-state index in [9.17, 15) is 10.1 Å². The monoisotopic (exact) mass is 267 g/mol. The second kappa shape index (κ2) is 6.28. The molecule has 0 radical (unpaired) electrons. The van der Waals surface area contributed by atoms with Gasteiger partial charge in [0.25, 0.3) is 0 Å². The van der Waals surface area contributed by atoms with Crippen molar-refractivity contribution in [3.05, 3.63) is 16.4 Å². The van der Waals surface area contributed by atoms with E-state index in [1.54, 1.807) is 7.05 Å². The normalized spacial score (nSPS) is 18.3. The Hall–Kier alpha value is -1.96. The number of rotatable bonds is 6. The van der Waals surface area contributed by atoms with Gasteiger partial charge in [0.05, 0.1) is 4.92 Å². The van der Waals surface area contributed by atoms with E-state index in [0.717, 1.165) is 26.1 Å². The zero-order valence-corrected chi connectivity index (χ0v) is 10.8. The van der Waals surface area contributed by atoms with Crippen LogP contribution in [0.5, 0.6) is 0 Å². The maximum absolute atomic E-state index is 11.0. The lowest BCUT2D eigenvalue weighted by Crippen LogP contribution is -2.12. The summed E-state index contributed by atoms with van der Waals surface area (Å²) in [4.78, 5) is 18.3. The van der Waals surface area contributed by atoms with E-state index in [-0.39, 0.29) is 17.3 Å². The first kappa shape index (κ1) is 13.5. The van der Waals surface area contributed by atoms with Gasteiger partial charge in [-0.1, -0.05) is 0 Å². The average Bonchev–Trinajstić information content (AvgIpc) is 2.91. The molecule has 19 heavy (non-hydrogen) atoms. The van der Waals surface area contributed by atoms with Gasteiger partial charge in [-0.15, -0.1) is 0 Å². The first-order valence-corrected chi connectivity index (χ1v) is 6.21. The van der Waals surface area contributed by atoms with Crippen LogP contribution in [0, 0.1) is 16.0 Å². The zero-order valence-electron chi connectivity index (χ0n) is 10.8. The molecule has 0 spiro atoms. The summed E-state index contributed by atoms with van der Waals surface area (Å²) in [6.45, 7) is 2.21. The van der Waals surface area contributed by atoms with Crippen LogP contribution in [0.2, 0.25) is 0 Å². The third-order valence-electron chi connectivity index (χ3n) is 3.11. The summed E-state index contributed by atoms with van der Waals surface area (Å²) in [7, 11) is 1.59. The molecule has 1 unspecified atom stereocenters. The maximum Gasteiger partial charge on any atom is 0.353 e. The number of aromatic nitrogens is 2. The van der Waals surface area contributed by atoms with Gasteiger partial charge in [0.2, 0.25) is 11.6 Å². The fourth-order valence-electron chi connectivity index (χ4n) is 2.07. The van der Waals surface area contributed by atoms with Crippen LogP contribution in [0.25, 0.3) is 0 Å². The van der Waals surface area contributed by atoms with Crippen molar-refractivity contribution >= 4 is 17.3 Å². The summed E-state index contributed by atoms with van der Waals surface area (Å²) in [5.41, 5.74) is -0.118. The van der Waals surface area contributed by atoms with E-state index in [0.29, 0.717) is 12.5 Å². The van der Waals surface area contributed by atoms with Crippen molar-refractivity contribution in [3.8, 4) is 0 Å². The van der Waals surface area contributed by atoms with Crippen LogP contribution in [0.3, 0.4) is 0 Å². The molecule has 8 heteroatoms. The third kappa shape index (κ3) is 3.28. The molecule has 0 saturated carbocycles. The molecule has 2 rings (SSSR count). The highest BCUT2D eigenvalue weighted by Gasteiger charge is 2.22. The van der Waals surface area contributed by atoms with E-state index in [2.05, 4.69) is 20.6 Å². The predicted octanol–water partition coefficient (Wildman–Crippen LogP) is 1.27. The third-order valence-corrected chi connectivity index (χ3v) is 3.11. The highest BCUT2D eigenvalue weighted by molar-refractivity contribution is 5.68. The van der Waals surface area contributed by atoms with Gasteiger partial charge < -0.3 is 15.4 Å². The molecule has 0 aromatic carbocycles. The largest absolute Gasteiger partial charge is 0.381 e. The molecule has 2 N–H and O–H groups in total. The molecule has 0 aliphatic carbocycles. The van der Waals surface area contributed by atoms with Crippen molar-refractivity contribution in [3.63, 3.8) is 0 Å². The Balaban J connectivity index is 2.00. The van der Waals surface area contributed by atoms with Crippen molar-refractivity contribution in [2.75, 3.05) is 37.4 Å². The number of ether oxygens (including phenoxy) is 1. The van der Waals surface area contributed by atoms with Gasteiger partial charge in [-0.05, 0) is 18.8 Å². The summed E-state index contributed by atoms with van der Waals surface area (Å²) in [6.07, 6.45) is 3.27. The molecule has 1 saturated heterocycles. The molecule has 0 amide bonds. The summed E-state index contributed by atoms with van der Waals surface area (Å²) in [5, 5.41) is 16.8. The van der Waals surface area contributed by atoms with Gasteiger partial charge >= 0.3 is 5.69 Å². The molecule has 1 aliphatic rings. The molecule has 104 valence electrons. The highest BCUT2D eigenvalue weighted by atomic mass is 16.6. The Morgan fingerprint density at radius 1 is 1.53 bits per heavy atom. The molecular weight excluding hydrogens is 250 g/mol. The predicted molar refractivity (Wildman–Crippen MR) is 70.3 cm³/mol. The van der Waals surface area contributed by atoms with Crippen molar-refractivity contribution in [1.29, 1.82) is 0 Å². The Labute approximate surface area is 110 Å². The van der Waals surface area contributed by atoms with Crippen molar-refractivity contribution < 1.29 is 9.66 Å². The second-order valence-corrected chi connectivity index (χ2v) is 4.37. The first-order chi connectivity index (χ1) is 9.22. The Bertz CT molecular complexity index is 448. The van der Waals surface area contributed by atoms with Crippen LogP contribution < -0.4 is 10.6 Å². The van der Waals surface area contributed by atoms with Crippen molar-refractivity contribution in [2.24, 2.45) is 5.92 Å². The van der Waals surface area contributed by atoms with Gasteiger partial charge in [-0.2, -0.15) is 0 Å². The van der Waals surface area contributed by atoms with Gasteiger partial charge in [0.15, 0.2) is 0 Å². The van der Waals surface area contributed by atoms with Crippen LogP contribution in [0.1, 0.15) is 12.8 Å². The second-order valence-electron chi connectivity index (χ2n) is 4.37. The molecular formula is C11H17N5O3. The summed E-state index contributed by atoms with van der Waals surface area (Å²) in [6, 6.07) is 0. The summed E-state index contributed by atoms with van der Waals surface area (Å²) in [5.74, 6) is 0.993. The summed E-state index contributed by atoms with van der Waals surface area (Å²) < 4.78 is 5.29. The minimum absolute atomic E-state index is 0.118. The number of anilines is 2. The van der Waals surface area contributed by atoms with Crippen LogP contribution in [0.15, 0.2) is 6.33 Å². The van der Waals surface area contributed by atoms with Gasteiger partial charge in [0.1, 0.15) is 6.33 Å². The van der Waals surface area contributed by atoms with Crippen LogP contribution in [-0.4, -0.2) is 41.7 Å². The van der Waals surface area contributed by atoms with Gasteiger partial charge in [-0.25, -0.2) is 9.97 Å². The molecule has 0 bridgehead atoms. The van der Waals surface area contributed by atoms with Crippen LogP contribution in [0.4, 0.5) is 17.3 Å². The highest BCUT2D eigenvalue weighted by Crippen LogP contribution is 2.28. The minimum atomic E-state index is -0.479. The molecule has 1 fully saturated rings. The smallest absolute Gasteiger partial charge is 0.353 e. The average molecular weight is 267 g/mol. The number of hydrogen-bond acceptors (Lipinski definition) is 7. The molecule has 1 atom stereocenters. The zero-order chi connectivity index (χ0) is 13.7. The number of nitrogens with one attached hydrogen (secondary N) is 2. The molecule has 8 nitrogen and oxygen atoms in total. The van der Waals surface area contributed by atoms with Crippen LogP contribution >= 0.6 is 0 Å². The van der Waals surface area contributed by atoms with Gasteiger partial charge in [-0.3, -0.25) is 10.1 Å². The van der Waals surface area contributed by atoms with E-state index in [4.69, 9.17) is 4.74 Å². The molecule has 1 aliphatic heterocycles. The van der Waals surface area contributed by atoms with Crippen molar-refractivity contribution in [1.82, 2.24) is 9.97 Å². The number of nitro groups is 1. The maximum atomic E-state index is 11.0. The quantitative estimate of drug-likeness (QED) is 0.591. The van der Waals surface area contributed by atoms with Gasteiger partial charge in [0, 0.05) is 26.8 Å². The lowest BCUT2D eigenvalue weighted by molar-refractivity contribution is -0.383. The SMILES string of the molecule is CNc1ncnc(NCCC2CCOC2)c1[N+](=O)[O-]. The van der Waals surface area contributed by atoms with E-state index in [1.807, 2.05) is 0 Å². The standard InChI is InChI=1S/C11H17N5O3/c1-12-10-9(16(17)18)11(15-7-14-10)13-4-2-8-3-5-19-6-8/h7-8H,2-6H2,1H3,(H2,12,13,14,15). The van der Waals surface area contributed by atoms with E-state index >= 15 is 0 Å². The van der Waals surface area contributed by atoms with E-state index in [1.165, 1.54) is 6.33 Å².